The minimum Gasteiger partial charge on any atom is -0.342 e. The van der Waals surface area contributed by atoms with Gasteiger partial charge in [-0.3, -0.25) is 19.6 Å². The number of carbonyl (C=O) groups is 1. The van der Waals surface area contributed by atoms with Crippen LogP contribution in [0, 0.1) is 6.92 Å². The number of H-pyrrole nitrogens is 1. The summed E-state index contributed by atoms with van der Waals surface area (Å²) < 4.78 is 1.62. The molecule has 0 spiro atoms. The molecule has 5 rings (SSSR count). The normalized spacial score (nSPS) is 17.6. The summed E-state index contributed by atoms with van der Waals surface area (Å²) in [5.74, 6) is 0.498. The Balaban J connectivity index is 1.29. The van der Waals surface area contributed by atoms with Gasteiger partial charge in [-0.15, -0.1) is 0 Å². The first-order valence-corrected chi connectivity index (χ1v) is 12.1. The van der Waals surface area contributed by atoms with E-state index in [0.29, 0.717) is 30.6 Å². The molecule has 0 atom stereocenters. The lowest BCUT2D eigenvalue weighted by Gasteiger charge is -2.31. The Bertz CT molecular complexity index is 1230. The van der Waals surface area contributed by atoms with E-state index >= 15 is 0 Å². The monoisotopic (exact) mass is 447 g/mol. The Morgan fingerprint density at radius 1 is 1.18 bits per heavy atom. The van der Waals surface area contributed by atoms with Crippen molar-refractivity contribution in [3.8, 4) is 0 Å². The van der Waals surface area contributed by atoms with Crippen molar-refractivity contribution in [2.24, 2.45) is 0 Å². The van der Waals surface area contributed by atoms with Crippen LogP contribution in [0.15, 0.2) is 35.1 Å². The third kappa shape index (κ3) is 4.22. The molecule has 7 heteroatoms. The largest absolute Gasteiger partial charge is 0.342 e. The van der Waals surface area contributed by atoms with Gasteiger partial charge in [-0.1, -0.05) is 24.3 Å². The van der Waals surface area contributed by atoms with Crippen LogP contribution in [0.1, 0.15) is 60.7 Å². The van der Waals surface area contributed by atoms with E-state index in [9.17, 15) is 9.59 Å². The average Bonchev–Trinajstić information content (AvgIpc) is 3.25. The Morgan fingerprint density at radius 2 is 1.94 bits per heavy atom. The number of benzene rings is 1. The minimum atomic E-state index is 0.0254. The second-order valence-corrected chi connectivity index (χ2v) is 9.82. The molecule has 2 aliphatic heterocycles. The smallest absolute Gasteiger partial charge is 0.277 e. The molecule has 7 nitrogen and oxygen atoms in total. The van der Waals surface area contributed by atoms with Gasteiger partial charge in [-0.25, -0.2) is 9.50 Å². The van der Waals surface area contributed by atoms with Gasteiger partial charge in [0, 0.05) is 56.3 Å². The number of carbonyl (C=O) groups excluding carboxylic acids is 1. The summed E-state index contributed by atoms with van der Waals surface area (Å²) in [7, 11) is 0. The van der Waals surface area contributed by atoms with Crippen LogP contribution in [0.25, 0.3) is 5.65 Å². The summed E-state index contributed by atoms with van der Waals surface area (Å²) in [6, 6.07) is 10.5. The third-order valence-corrected chi connectivity index (χ3v) is 7.43. The summed E-state index contributed by atoms with van der Waals surface area (Å²) in [6.45, 7) is 9.48. The van der Waals surface area contributed by atoms with Gasteiger partial charge in [0.1, 0.15) is 0 Å². The van der Waals surface area contributed by atoms with Crippen LogP contribution in [-0.2, 0) is 24.2 Å². The van der Waals surface area contributed by atoms with E-state index in [2.05, 4.69) is 36.8 Å². The number of hydrogen-bond acceptors (Lipinski definition) is 4. The number of likely N-dealkylation sites (tertiary alicyclic amines) is 1. The van der Waals surface area contributed by atoms with Gasteiger partial charge >= 0.3 is 0 Å². The average molecular weight is 448 g/mol. The molecule has 33 heavy (non-hydrogen) atoms. The lowest BCUT2D eigenvalue weighted by molar-refractivity contribution is -0.131. The van der Waals surface area contributed by atoms with Crippen molar-refractivity contribution < 1.29 is 4.79 Å². The van der Waals surface area contributed by atoms with Crippen molar-refractivity contribution in [3.63, 3.8) is 0 Å². The molecule has 0 radical (unpaired) electrons. The van der Waals surface area contributed by atoms with Crippen LogP contribution >= 0.6 is 0 Å². The number of aryl methyl sites for hydroxylation is 1. The zero-order chi connectivity index (χ0) is 23.1. The topological polar surface area (TPSA) is 73.7 Å². The van der Waals surface area contributed by atoms with E-state index in [1.54, 1.807) is 4.52 Å². The Hall–Kier alpha value is -2.93. The molecule has 1 aromatic carbocycles. The first kappa shape index (κ1) is 21.9. The zero-order valence-electron chi connectivity index (χ0n) is 19.8. The summed E-state index contributed by atoms with van der Waals surface area (Å²) in [5.41, 5.74) is 5.81. The van der Waals surface area contributed by atoms with Crippen LogP contribution in [0.5, 0.6) is 0 Å². The molecule has 1 amide bonds. The highest BCUT2D eigenvalue weighted by molar-refractivity contribution is 5.79. The van der Waals surface area contributed by atoms with Crippen molar-refractivity contribution >= 4 is 11.6 Å². The lowest BCUT2D eigenvalue weighted by atomic mass is 9.93. The van der Waals surface area contributed by atoms with Crippen LogP contribution in [0.3, 0.4) is 0 Å². The second-order valence-electron chi connectivity index (χ2n) is 9.82. The summed E-state index contributed by atoms with van der Waals surface area (Å²) >= 11 is 0. The second kappa shape index (κ2) is 8.78. The van der Waals surface area contributed by atoms with Gasteiger partial charge in [0.15, 0.2) is 5.65 Å². The van der Waals surface area contributed by atoms with E-state index in [1.165, 1.54) is 0 Å². The summed E-state index contributed by atoms with van der Waals surface area (Å²) in [5, 5.41) is 3.34. The maximum Gasteiger partial charge on any atom is 0.277 e. The number of fused-ring (bicyclic) bond motifs is 2. The fraction of sp³-hybridized carbons (Fsp3) is 0.500. The first-order chi connectivity index (χ1) is 15.9. The summed E-state index contributed by atoms with van der Waals surface area (Å²) in [4.78, 5) is 35.2. The number of nitrogens with zero attached hydrogens (tertiary/aromatic N) is 4. The molecule has 4 heterocycles. The van der Waals surface area contributed by atoms with Gasteiger partial charge in [-0.05, 0) is 44.7 Å². The fourth-order valence-electron chi connectivity index (χ4n) is 5.19. The van der Waals surface area contributed by atoms with Crippen LogP contribution in [-0.4, -0.2) is 56.0 Å². The number of aromatic amines is 1. The molecular weight excluding hydrogens is 414 g/mol. The number of aromatic nitrogens is 3. The molecule has 1 saturated heterocycles. The lowest BCUT2D eigenvalue weighted by Crippen LogP contribution is -2.40. The molecular formula is C26H33N5O2. The Kier molecular flexibility index (Phi) is 5.83. The van der Waals surface area contributed by atoms with Crippen molar-refractivity contribution in [1.82, 2.24) is 24.4 Å². The number of rotatable bonds is 4. The van der Waals surface area contributed by atoms with E-state index < -0.39 is 0 Å². The maximum atomic E-state index is 13.2. The number of piperidine rings is 1. The molecule has 0 unspecified atom stereocenters. The van der Waals surface area contributed by atoms with E-state index in [1.807, 2.05) is 29.2 Å². The highest BCUT2D eigenvalue weighted by Crippen LogP contribution is 2.28. The van der Waals surface area contributed by atoms with Crippen LogP contribution in [0.2, 0.25) is 0 Å². The van der Waals surface area contributed by atoms with Crippen molar-refractivity contribution in [3.05, 3.63) is 68.8 Å². The standard InChI is InChI=1S/C26H33N5O2/c1-17(2)30-13-10-22-21(16-30)26(33)31-24(27-22)15-23(28-31)19-8-11-29(12-9-19)25(32)14-20-7-5-4-6-18(20)3/h4-7,15,17,19,28H,8-14,16H2,1-3H3. The number of nitrogens with one attached hydrogen (secondary N) is 1. The van der Waals surface area contributed by atoms with Crippen LogP contribution < -0.4 is 5.56 Å². The van der Waals surface area contributed by atoms with Gasteiger partial charge in [0.25, 0.3) is 5.56 Å². The Labute approximate surface area is 194 Å². The van der Waals surface area contributed by atoms with Crippen molar-refractivity contribution in [2.75, 3.05) is 19.6 Å². The van der Waals surface area contributed by atoms with Gasteiger partial charge in [-0.2, -0.15) is 0 Å². The molecule has 0 aliphatic carbocycles. The highest BCUT2D eigenvalue weighted by atomic mass is 16.2. The minimum absolute atomic E-state index is 0.0254. The predicted molar refractivity (Wildman–Crippen MR) is 129 cm³/mol. The number of amides is 1. The van der Waals surface area contributed by atoms with Crippen molar-refractivity contribution in [1.29, 1.82) is 0 Å². The van der Waals surface area contributed by atoms with Gasteiger partial charge in [0.2, 0.25) is 5.91 Å². The molecule has 2 aromatic heterocycles. The molecule has 1 N–H and O–H groups in total. The molecule has 0 bridgehead atoms. The Morgan fingerprint density at radius 3 is 2.67 bits per heavy atom. The maximum absolute atomic E-state index is 13.2. The van der Waals surface area contributed by atoms with Gasteiger partial charge in [0.05, 0.1) is 17.7 Å². The van der Waals surface area contributed by atoms with E-state index in [-0.39, 0.29) is 11.5 Å². The number of hydrogen-bond donors (Lipinski definition) is 1. The molecule has 1 fully saturated rings. The van der Waals surface area contributed by atoms with E-state index in [4.69, 9.17) is 4.98 Å². The summed E-state index contributed by atoms with van der Waals surface area (Å²) in [6.07, 6.45) is 3.06. The SMILES string of the molecule is Cc1ccccc1CC(=O)N1CCC(c2cc3nc4c(c(=O)n3[nH]2)CN(C(C)C)CC4)CC1. The predicted octanol–water partition coefficient (Wildman–Crippen LogP) is 3.05. The molecule has 174 valence electrons. The molecule has 0 saturated carbocycles. The van der Waals surface area contributed by atoms with Crippen molar-refractivity contribution in [2.45, 2.75) is 65.0 Å². The third-order valence-electron chi connectivity index (χ3n) is 7.43. The molecule has 2 aliphatic rings. The van der Waals surface area contributed by atoms with E-state index in [0.717, 1.165) is 67.0 Å². The van der Waals surface area contributed by atoms with Crippen LogP contribution in [0.4, 0.5) is 0 Å². The highest BCUT2D eigenvalue weighted by Gasteiger charge is 2.27. The fourth-order valence-corrected chi connectivity index (χ4v) is 5.19. The first-order valence-electron chi connectivity index (χ1n) is 12.1. The quantitative estimate of drug-likeness (QED) is 0.667. The zero-order valence-corrected chi connectivity index (χ0v) is 19.8. The van der Waals surface area contributed by atoms with Gasteiger partial charge < -0.3 is 4.90 Å². The molecule has 3 aromatic rings.